The molecule has 0 saturated heterocycles. The second-order valence-electron chi connectivity index (χ2n) is 6.86. The van der Waals surface area contributed by atoms with Crippen LogP contribution in [0.15, 0.2) is 64.1 Å². The van der Waals surface area contributed by atoms with Crippen LogP contribution >= 0.6 is 0 Å². The molecule has 0 unspecified atom stereocenters. The van der Waals surface area contributed by atoms with E-state index >= 15 is 0 Å². The third-order valence-corrected chi connectivity index (χ3v) is 5.21. The number of rotatable bonds is 6. The van der Waals surface area contributed by atoms with Crippen molar-refractivity contribution in [3.8, 4) is 11.8 Å². The Morgan fingerprint density at radius 2 is 1.84 bits per heavy atom. The summed E-state index contributed by atoms with van der Waals surface area (Å²) in [4.78, 5) is 20.7. The molecule has 2 aromatic carbocycles. The van der Waals surface area contributed by atoms with Crippen LogP contribution in [0.1, 0.15) is 16.7 Å². The zero-order valence-corrected chi connectivity index (χ0v) is 17.5. The Balaban J connectivity index is 1.80. The van der Waals surface area contributed by atoms with E-state index in [-0.39, 0.29) is 34.8 Å². The molecule has 3 N–H and O–H groups in total. The minimum absolute atomic E-state index is 0.0817. The van der Waals surface area contributed by atoms with Gasteiger partial charge in [0, 0.05) is 24.4 Å². The molecule has 11 heteroatoms. The highest BCUT2D eigenvalue weighted by Gasteiger charge is 2.19. The third kappa shape index (κ3) is 4.43. The fourth-order valence-corrected chi connectivity index (χ4v) is 3.76. The Hall–Kier alpha value is -3.83. The van der Waals surface area contributed by atoms with Crippen LogP contribution in [0.25, 0.3) is 11.0 Å². The maximum Gasteiger partial charge on any atom is 0.340 e. The second kappa shape index (κ2) is 8.36. The summed E-state index contributed by atoms with van der Waals surface area (Å²) in [5.74, 6) is -0.482. The molecule has 0 amide bonds. The van der Waals surface area contributed by atoms with Crippen LogP contribution in [-0.2, 0) is 16.6 Å². The average molecular weight is 456 g/mol. The minimum atomic E-state index is -4.17. The monoisotopic (exact) mass is 456 g/mol. The Bertz CT molecular complexity index is 1470. The van der Waals surface area contributed by atoms with E-state index in [4.69, 9.17) is 14.3 Å². The Labute approximate surface area is 181 Å². The van der Waals surface area contributed by atoms with Gasteiger partial charge in [0.05, 0.1) is 11.1 Å². The molecule has 0 bridgehead atoms. The number of hydrogen-bond acceptors (Lipinski definition) is 7. The maximum absolute atomic E-state index is 14.9. The van der Waals surface area contributed by atoms with Crippen LogP contribution < -0.4 is 20.2 Å². The van der Waals surface area contributed by atoms with Crippen molar-refractivity contribution in [2.24, 2.45) is 5.14 Å². The fraction of sp³-hybridized carbons (Fsp3) is 0.0952. The number of nitrogens with zero attached hydrogens (tertiary/aromatic N) is 2. The van der Waals surface area contributed by atoms with Gasteiger partial charge in [0.15, 0.2) is 5.82 Å². The number of aromatic nitrogens is 2. The maximum atomic E-state index is 14.9. The van der Waals surface area contributed by atoms with E-state index in [1.54, 1.807) is 31.2 Å². The van der Waals surface area contributed by atoms with E-state index in [2.05, 4.69) is 9.97 Å². The first-order valence-electron chi connectivity index (χ1n) is 9.31. The number of anilines is 1. The summed E-state index contributed by atoms with van der Waals surface area (Å²) in [7, 11) is -4.17. The minimum Gasteiger partial charge on any atom is -0.424 e. The molecular formula is C21H17FN4O5S. The van der Waals surface area contributed by atoms with Crippen molar-refractivity contribution in [2.45, 2.75) is 13.3 Å². The lowest BCUT2D eigenvalue weighted by Gasteiger charge is -2.13. The summed E-state index contributed by atoms with van der Waals surface area (Å²) in [6.07, 6.45) is 2.90. The zero-order chi connectivity index (χ0) is 22.9. The van der Waals surface area contributed by atoms with Crippen molar-refractivity contribution < 1.29 is 22.0 Å². The Kier molecular flexibility index (Phi) is 5.59. The van der Waals surface area contributed by atoms with E-state index in [1.807, 2.05) is 4.72 Å². The second-order valence-corrected chi connectivity index (χ2v) is 8.15. The van der Waals surface area contributed by atoms with E-state index in [0.29, 0.717) is 16.7 Å². The molecule has 2 heterocycles. The zero-order valence-electron chi connectivity index (χ0n) is 16.7. The topological polar surface area (TPSA) is 137 Å². The lowest BCUT2D eigenvalue weighted by molar-refractivity contribution is 0.444. The molecule has 9 nitrogen and oxygen atoms in total. The fourth-order valence-electron chi connectivity index (χ4n) is 3.30. The summed E-state index contributed by atoms with van der Waals surface area (Å²) < 4.78 is 50.5. The van der Waals surface area contributed by atoms with E-state index in [1.165, 1.54) is 30.6 Å². The standard InChI is InChI=1S/C21H17FN4O5S/c1-12-14(11-13-5-2-6-15(19(13)22)26-32(23,28)29)20(27)30-16-7-3-8-17(18(12)16)31-21-24-9-4-10-25-21/h2-10,26H,11H2,1H3,(H2,23,28,29). The highest BCUT2D eigenvalue weighted by molar-refractivity contribution is 7.90. The number of benzene rings is 2. The van der Waals surface area contributed by atoms with Gasteiger partial charge in [0.2, 0.25) is 0 Å². The molecule has 0 atom stereocenters. The molecule has 0 aliphatic rings. The lowest BCUT2D eigenvalue weighted by atomic mass is 9.98. The molecule has 0 aliphatic carbocycles. The van der Waals surface area contributed by atoms with Crippen molar-refractivity contribution in [3.05, 3.63) is 87.8 Å². The lowest BCUT2D eigenvalue weighted by Crippen LogP contribution is -2.22. The number of halogens is 1. The van der Waals surface area contributed by atoms with E-state index < -0.39 is 21.7 Å². The normalized spacial score (nSPS) is 11.5. The van der Waals surface area contributed by atoms with Crippen LogP contribution in [0.5, 0.6) is 11.8 Å². The predicted molar refractivity (Wildman–Crippen MR) is 115 cm³/mol. The van der Waals surface area contributed by atoms with Crippen LogP contribution in [0.4, 0.5) is 10.1 Å². The third-order valence-electron chi connectivity index (χ3n) is 4.71. The van der Waals surface area contributed by atoms with Gasteiger partial charge in [0.1, 0.15) is 11.3 Å². The number of aryl methyl sites for hydroxylation is 1. The predicted octanol–water partition coefficient (Wildman–Crippen LogP) is 3.03. The van der Waals surface area contributed by atoms with Gasteiger partial charge in [0.25, 0.3) is 10.2 Å². The van der Waals surface area contributed by atoms with Crippen LogP contribution in [0, 0.1) is 12.7 Å². The molecule has 164 valence electrons. The summed E-state index contributed by atoms with van der Waals surface area (Å²) in [6.45, 7) is 1.69. The van der Waals surface area contributed by atoms with Gasteiger partial charge in [-0.25, -0.2) is 24.3 Å². The van der Waals surface area contributed by atoms with Crippen LogP contribution in [0.3, 0.4) is 0 Å². The Morgan fingerprint density at radius 3 is 2.56 bits per heavy atom. The molecule has 0 saturated carbocycles. The summed E-state index contributed by atoms with van der Waals surface area (Å²) in [5, 5.41) is 5.44. The van der Waals surface area contributed by atoms with Gasteiger partial charge in [-0.1, -0.05) is 18.2 Å². The number of nitrogens with two attached hydrogens (primary N) is 1. The number of fused-ring (bicyclic) bond motifs is 1. The first kappa shape index (κ1) is 21.4. The van der Waals surface area contributed by atoms with Crippen molar-refractivity contribution in [1.82, 2.24) is 9.97 Å². The molecule has 4 rings (SSSR count). The quantitative estimate of drug-likeness (QED) is 0.425. The summed E-state index contributed by atoms with van der Waals surface area (Å²) in [6, 6.07) is 10.8. The Morgan fingerprint density at radius 1 is 1.12 bits per heavy atom. The van der Waals surface area contributed by atoms with Crippen LogP contribution in [0.2, 0.25) is 0 Å². The highest BCUT2D eigenvalue weighted by Crippen LogP contribution is 2.32. The molecule has 2 aromatic heterocycles. The first-order chi connectivity index (χ1) is 15.2. The van der Waals surface area contributed by atoms with Crippen molar-refractivity contribution in [2.75, 3.05) is 4.72 Å². The first-order valence-corrected chi connectivity index (χ1v) is 10.9. The molecule has 4 aromatic rings. The number of hydrogen-bond donors (Lipinski definition) is 2. The molecule has 0 spiro atoms. The van der Waals surface area contributed by atoms with Gasteiger partial charge in [-0.2, -0.15) is 8.42 Å². The summed E-state index contributed by atoms with van der Waals surface area (Å²) >= 11 is 0. The number of nitrogens with one attached hydrogen (secondary N) is 1. The van der Waals surface area contributed by atoms with Crippen molar-refractivity contribution in [1.29, 1.82) is 0 Å². The number of ether oxygens (including phenoxy) is 1. The van der Waals surface area contributed by atoms with Crippen molar-refractivity contribution in [3.63, 3.8) is 0 Å². The van der Waals surface area contributed by atoms with Gasteiger partial charge in [-0.15, -0.1) is 0 Å². The van der Waals surface area contributed by atoms with Gasteiger partial charge in [-0.3, -0.25) is 4.72 Å². The SMILES string of the molecule is Cc1c(Cc2cccc(NS(N)(=O)=O)c2F)c(=O)oc2cccc(Oc3ncccn3)c12. The van der Waals surface area contributed by atoms with E-state index in [0.717, 1.165) is 0 Å². The van der Waals surface area contributed by atoms with Gasteiger partial charge < -0.3 is 9.15 Å². The molecule has 0 aliphatic heterocycles. The van der Waals surface area contributed by atoms with Gasteiger partial charge >= 0.3 is 11.6 Å². The molecule has 0 radical (unpaired) electrons. The largest absolute Gasteiger partial charge is 0.424 e. The average Bonchev–Trinajstić information content (AvgIpc) is 2.73. The van der Waals surface area contributed by atoms with E-state index in [9.17, 15) is 17.6 Å². The molecular weight excluding hydrogens is 439 g/mol. The molecule has 32 heavy (non-hydrogen) atoms. The summed E-state index contributed by atoms with van der Waals surface area (Å²) in [5.41, 5.74) is 0.111. The van der Waals surface area contributed by atoms with Crippen molar-refractivity contribution >= 4 is 26.9 Å². The van der Waals surface area contributed by atoms with Gasteiger partial charge in [-0.05, 0) is 42.3 Å². The molecule has 0 fully saturated rings. The highest BCUT2D eigenvalue weighted by atomic mass is 32.2. The smallest absolute Gasteiger partial charge is 0.340 e. The van der Waals surface area contributed by atoms with Crippen LogP contribution in [-0.4, -0.2) is 18.4 Å².